The maximum Gasteiger partial charge on any atom is 0.426 e. The molecule has 0 spiro atoms. The highest BCUT2D eigenvalue weighted by Crippen LogP contribution is 2.42. The zero-order valence-corrected chi connectivity index (χ0v) is 43.5. The van der Waals surface area contributed by atoms with Gasteiger partial charge in [0.15, 0.2) is 0 Å². The van der Waals surface area contributed by atoms with E-state index in [0.29, 0.717) is 61.6 Å². The summed E-state index contributed by atoms with van der Waals surface area (Å²) in [5.74, 6) is -2.87. The monoisotopic (exact) mass is 1020 g/mol. The van der Waals surface area contributed by atoms with E-state index in [1.165, 1.54) is 36.2 Å². The number of nitrogens with zero attached hydrogens (tertiary/aromatic N) is 4. The average molecular weight is 1020 g/mol. The average Bonchev–Trinajstić information content (AvgIpc) is 3.36. The van der Waals surface area contributed by atoms with Crippen LogP contribution in [0.3, 0.4) is 0 Å². The number of methoxy groups -OCH3 is 2. The number of aryl methyl sites for hydroxylation is 2. The number of piperidine rings is 4. The summed E-state index contributed by atoms with van der Waals surface area (Å²) in [6.07, 6.45) is 10.1. The van der Waals surface area contributed by atoms with Crippen molar-refractivity contribution in [1.29, 1.82) is 0 Å². The second kappa shape index (κ2) is 26.0. The third kappa shape index (κ3) is 13.9. The zero-order chi connectivity index (χ0) is 52.1. The fourth-order valence-corrected chi connectivity index (χ4v) is 12.1. The van der Waals surface area contributed by atoms with Crippen molar-refractivity contribution in [2.45, 2.75) is 153 Å². The van der Waals surface area contributed by atoms with Crippen LogP contribution in [0.15, 0.2) is 84.9 Å². The first-order valence-corrected chi connectivity index (χ1v) is 26.7. The van der Waals surface area contributed by atoms with Crippen LogP contribution in [0.2, 0.25) is 0 Å². The third-order valence-electron chi connectivity index (χ3n) is 15.5. The van der Waals surface area contributed by atoms with Crippen LogP contribution in [0.5, 0.6) is 11.5 Å². The van der Waals surface area contributed by atoms with Gasteiger partial charge in [0.05, 0.1) is 25.6 Å². The largest absolute Gasteiger partial charge is 0.495 e. The van der Waals surface area contributed by atoms with Gasteiger partial charge in [-0.1, -0.05) is 49.2 Å². The molecule has 0 saturated carbocycles. The maximum atomic E-state index is 14.5. The Labute approximate surface area is 435 Å². The van der Waals surface area contributed by atoms with Gasteiger partial charge in [-0.05, 0) is 188 Å². The van der Waals surface area contributed by atoms with E-state index in [4.69, 9.17) is 18.9 Å². The number of carbonyl (C=O) groups excluding carboxylic acids is 4. The number of esters is 2. The summed E-state index contributed by atoms with van der Waals surface area (Å²) < 4.78 is 49.7. The molecule has 2 amide bonds. The molecule has 398 valence electrons. The lowest BCUT2D eigenvalue weighted by atomic mass is 9.81. The van der Waals surface area contributed by atoms with Gasteiger partial charge in [-0.15, -0.1) is 0 Å². The predicted octanol–water partition coefficient (Wildman–Crippen LogP) is 10.1. The number of nitrogens with one attached hydrogen (secondary N) is 2. The number of ether oxygens (including phenoxy) is 4. The first-order chi connectivity index (χ1) is 35.9. The van der Waals surface area contributed by atoms with Crippen molar-refractivity contribution in [3.05, 3.63) is 119 Å². The molecular formula is C58H74F2N6O8. The van der Waals surface area contributed by atoms with Crippen LogP contribution < -0.4 is 29.9 Å². The second-order valence-electron chi connectivity index (χ2n) is 20.6. The molecule has 4 bridgehead atoms. The zero-order valence-electron chi connectivity index (χ0n) is 43.5. The Kier molecular flexibility index (Phi) is 19.1. The van der Waals surface area contributed by atoms with Gasteiger partial charge in [-0.25, -0.2) is 28.0 Å². The second-order valence-corrected chi connectivity index (χ2v) is 20.6. The lowest BCUT2D eigenvalue weighted by molar-refractivity contribution is -0.159. The maximum absolute atomic E-state index is 14.5. The summed E-state index contributed by atoms with van der Waals surface area (Å²) in [5.41, 5.74) is 4.36. The van der Waals surface area contributed by atoms with Crippen molar-refractivity contribution < 1.29 is 46.9 Å². The SMILES string of the molecule is COc1ccc(C)cc1N(C(=O)OC(=O)C(=O)OC(=O)N(c1cc(C)ccc1OC)C1CC2CCCC(C1)N2CCCCNCc1cccc(F)c1)C1CC2CCCC(C1)N2CCCCNCc1cccc(F)c1. The van der Waals surface area contributed by atoms with Gasteiger partial charge in [0.25, 0.3) is 0 Å². The van der Waals surface area contributed by atoms with Gasteiger partial charge >= 0.3 is 24.1 Å². The van der Waals surface area contributed by atoms with E-state index in [1.54, 1.807) is 36.4 Å². The lowest BCUT2D eigenvalue weighted by Crippen LogP contribution is -2.58. The molecule has 4 saturated heterocycles. The first kappa shape index (κ1) is 54.3. The van der Waals surface area contributed by atoms with Crippen LogP contribution in [0, 0.1) is 25.5 Å². The summed E-state index contributed by atoms with van der Waals surface area (Å²) in [6.45, 7) is 8.39. The van der Waals surface area contributed by atoms with E-state index in [1.807, 2.05) is 50.2 Å². The number of benzene rings is 4. The quantitative estimate of drug-likeness (QED) is 0.0377. The molecule has 4 aliphatic heterocycles. The highest BCUT2D eigenvalue weighted by molar-refractivity contribution is 6.34. The van der Waals surface area contributed by atoms with Crippen LogP contribution in [-0.4, -0.2) is 111 Å². The van der Waals surface area contributed by atoms with E-state index in [0.717, 1.165) is 113 Å². The smallest absolute Gasteiger partial charge is 0.426 e. The van der Waals surface area contributed by atoms with Gasteiger partial charge in [-0.2, -0.15) is 0 Å². The Morgan fingerprint density at radius 3 is 1.31 bits per heavy atom. The number of unbranched alkanes of at least 4 members (excludes halogenated alkanes) is 2. The predicted molar refractivity (Wildman–Crippen MR) is 280 cm³/mol. The fraction of sp³-hybridized carbons (Fsp3) is 0.517. The highest BCUT2D eigenvalue weighted by atomic mass is 19.1. The molecule has 74 heavy (non-hydrogen) atoms. The van der Waals surface area contributed by atoms with Crippen molar-refractivity contribution in [2.75, 3.05) is 50.2 Å². The molecule has 4 heterocycles. The molecule has 4 fully saturated rings. The van der Waals surface area contributed by atoms with Crippen LogP contribution in [0.4, 0.5) is 29.7 Å². The fourth-order valence-electron chi connectivity index (χ4n) is 12.1. The molecule has 4 aromatic carbocycles. The number of rotatable bonds is 20. The van der Waals surface area contributed by atoms with E-state index in [9.17, 15) is 28.0 Å². The number of carbonyl (C=O) groups is 4. The van der Waals surface area contributed by atoms with E-state index < -0.39 is 24.1 Å². The third-order valence-corrected chi connectivity index (χ3v) is 15.5. The summed E-state index contributed by atoms with van der Waals surface area (Å²) >= 11 is 0. The van der Waals surface area contributed by atoms with Gasteiger partial charge in [0, 0.05) is 49.3 Å². The molecule has 8 rings (SSSR count). The topological polar surface area (TPSA) is 142 Å². The highest BCUT2D eigenvalue weighted by Gasteiger charge is 2.45. The van der Waals surface area contributed by atoms with Crippen LogP contribution in [0.1, 0.15) is 112 Å². The molecule has 0 aliphatic carbocycles. The van der Waals surface area contributed by atoms with Crippen molar-refractivity contribution >= 4 is 35.5 Å². The standard InChI is InChI=1S/C58H74F2N6O8/c1-39-21-23-53(71-3)51(29-39)65(49-33-45-17-11-18-46(34-49)63(45)27-7-5-25-61-37-41-13-9-15-43(59)31-41)57(69)73-55(67)56(68)74-58(70)66(52-30-40(2)22-24-54(52)72-4)50-35-47-19-12-20-48(36-50)64(47)28-8-6-26-62-38-42-14-10-16-44(60)32-42/h9-10,13-16,21-24,29-32,45-50,61-62H,5-8,11-12,17-20,25-28,33-38H2,1-4H3. The number of anilines is 2. The molecule has 4 aromatic rings. The van der Waals surface area contributed by atoms with Crippen LogP contribution in [0.25, 0.3) is 0 Å². The van der Waals surface area contributed by atoms with Gasteiger partial charge in [0.1, 0.15) is 23.1 Å². The van der Waals surface area contributed by atoms with E-state index in [2.05, 4.69) is 20.4 Å². The van der Waals surface area contributed by atoms with Crippen molar-refractivity contribution in [2.24, 2.45) is 0 Å². The number of fused-ring (bicyclic) bond motifs is 4. The van der Waals surface area contributed by atoms with Gasteiger partial charge < -0.3 is 29.6 Å². The minimum absolute atomic E-state index is 0.176. The molecule has 0 radical (unpaired) electrons. The van der Waals surface area contributed by atoms with Crippen molar-refractivity contribution in [3.8, 4) is 11.5 Å². The summed E-state index contributed by atoms with van der Waals surface area (Å²) in [7, 11) is 3.03. The lowest BCUT2D eigenvalue weighted by Gasteiger charge is -2.51. The van der Waals surface area contributed by atoms with E-state index in [-0.39, 0.29) is 47.9 Å². The first-order valence-electron chi connectivity index (χ1n) is 26.7. The van der Waals surface area contributed by atoms with Crippen molar-refractivity contribution in [3.63, 3.8) is 0 Å². The molecule has 4 unspecified atom stereocenters. The number of hydrogen-bond donors (Lipinski definition) is 2. The van der Waals surface area contributed by atoms with Crippen molar-refractivity contribution in [1.82, 2.24) is 20.4 Å². The minimum Gasteiger partial charge on any atom is -0.495 e. The Balaban J connectivity index is 0.914. The number of amides is 2. The normalized spacial score (nSPS) is 21.6. The van der Waals surface area contributed by atoms with Crippen LogP contribution in [-0.2, 0) is 32.2 Å². The number of halogens is 2. The minimum atomic E-state index is -1.60. The molecule has 2 N–H and O–H groups in total. The molecule has 0 aromatic heterocycles. The molecule has 4 atom stereocenters. The van der Waals surface area contributed by atoms with Gasteiger partial charge in [-0.3, -0.25) is 19.6 Å². The molecule has 14 nitrogen and oxygen atoms in total. The summed E-state index contributed by atoms with van der Waals surface area (Å²) in [4.78, 5) is 64.7. The van der Waals surface area contributed by atoms with E-state index >= 15 is 0 Å². The molecular weight excluding hydrogens is 947 g/mol. The summed E-state index contributed by atoms with van der Waals surface area (Å²) in [6, 6.07) is 24.1. The Morgan fingerprint density at radius 1 is 0.554 bits per heavy atom. The molecule has 16 heteroatoms. The Morgan fingerprint density at radius 2 is 0.946 bits per heavy atom. The number of hydrogen-bond acceptors (Lipinski definition) is 12. The Bertz CT molecular complexity index is 2370. The summed E-state index contributed by atoms with van der Waals surface area (Å²) in [5, 5.41) is 6.85. The Hall–Kier alpha value is -5.94. The van der Waals surface area contributed by atoms with Gasteiger partial charge in [0.2, 0.25) is 0 Å². The van der Waals surface area contributed by atoms with Crippen LogP contribution >= 0.6 is 0 Å². The molecule has 4 aliphatic rings.